The number of aliphatic hydroxyl groups excluding tert-OH is 2. The average Bonchev–Trinajstić information content (AvgIpc) is 2.64. The fourth-order valence-corrected chi connectivity index (χ4v) is 1.80. The lowest BCUT2D eigenvalue weighted by Gasteiger charge is -2.08. The van der Waals surface area contributed by atoms with Gasteiger partial charge in [-0.3, -0.25) is 0 Å². The van der Waals surface area contributed by atoms with E-state index in [-0.39, 0.29) is 12.2 Å². The number of esters is 1. The molecular formula is C16H17BN2O6. The molecule has 2 rings (SSSR count). The van der Waals surface area contributed by atoms with Gasteiger partial charge >= 0.3 is 13.1 Å². The number of carbonyl (C=O) groups is 1. The van der Waals surface area contributed by atoms with Crippen LogP contribution in [0.3, 0.4) is 0 Å². The third-order valence-electron chi connectivity index (χ3n) is 3.19. The van der Waals surface area contributed by atoms with Crippen molar-refractivity contribution >= 4 is 29.9 Å². The molecule has 1 unspecified atom stereocenters. The number of hydrogen-bond donors (Lipinski definition) is 4. The average molecular weight is 344 g/mol. The van der Waals surface area contributed by atoms with Crippen LogP contribution in [-0.2, 0) is 4.74 Å². The van der Waals surface area contributed by atoms with Crippen molar-refractivity contribution in [2.24, 2.45) is 10.2 Å². The van der Waals surface area contributed by atoms with Crippen molar-refractivity contribution in [3.8, 4) is 0 Å². The maximum atomic E-state index is 11.7. The minimum atomic E-state index is -1.53. The van der Waals surface area contributed by atoms with Gasteiger partial charge in [-0.15, -0.1) is 0 Å². The van der Waals surface area contributed by atoms with Crippen LogP contribution in [0.5, 0.6) is 0 Å². The number of hydrogen-bond acceptors (Lipinski definition) is 8. The molecule has 0 fully saturated rings. The standard InChI is InChI=1S/C16H17BN2O6/c20-9-15(21)10-25-16(22)11-1-5-13(6-2-11)18-19-14-7-3-12(4-8-14)17(23)24/h1-8,15,20-21,23-24H,9-10H2. The van der Waals surface area contributed by atoms with Crippen LogP contribution in [0.15, 0.2) is 58.8 Å². The van der Waals surface area contributed by atoms with Gasteiger partial charge in [-0.05, 0) is 41.9 Å². The second-order valence-corrected chi connectivity index (χ2v) is 5.15. The van der Waals surface area contributed by atoms with Gasteiger partial charge < -0.3 is 25.0 Å². The van der Waals surface area contributed by atoms with Gasteiger partial charge in [0.1, 0.15) is 12.7 Å². The first-order valence-corrected chi connectivity index (χ1v) is 7.43. The SMILES string of the molecule is O=C(OCC(O)CO)c1ccc(N=Nc2ccc(B(O)O)cc2)cc1. The fraction of sp³-hybridized carbons (Fsp3) is 0.188. The van der Waals surface area contributed by atoms with Crippen LogP contribution in [0, 0.1) is 0 Å². The number of ether oxygens (including phenoxy) is 1. The lowest BCUT2D eigenvalue weighted by atomic mass is 9.80. The minimum absolute atomic E-state index is 0.282. The molecule has 0 heterocycles. The summed E-state index contributed by atoms with van der Waals surface area (Å²) in [6.45, 7) is -0.764. The maximum Gasteiger partial charge on any atom is 0.488 e. The van der Waals surface area contributed by atoms with Crippen LogP contribution in [0.2, 0.25) is 0 Å². The van der Waals surface area contributed by atoms with Gasteiger partial charge in [-0.2, -0.15) is 10.2 Å². The van der Waals surface area contributed by atoms with Gasteiger partial charge in [-0.25, -0.2) is 4.79 Å². The number of nitrogens with zero attached hydrogens (tertiary/aromatic N) is 2. The molecule has 2 aromatic rings. The topological polar surface area (TPSA) is 132 Å². The molecule has 130 valence electrons. The van der Waals surface area contributed by atoms with E-state index < -0.39 is 25.8 Å². The summed E-state index contributed by atoms with van der Waals surface area (Å²) in [5, 5.41) is 43.8. The fourth-order valence-electron chi connectivity index (χ4n) is 1.80. The Kier molecular flexibility index (Phi) is 6.78. The van der Waals surface area contributed by atoms with Crippen LogP contribution in [0.25, 0.3) is 0 Å². The zero-order valence-corrected chi connectivity index (χ0v) is 13.2. The van der Waals surface area contributed by atoms with Crippen LogP contribution >= 0.6 is 0 Å². The van der Waals surface area contributed by atoms with Crippen LogP contribution < -0.4 is 5.46 Å². The van der Waals surface area contributed by atoms with E-state index in [1.165, 1.54) is 24.3 Å². The Labute approximate surface area is 144 Å². The van der Waals surface area contributed by atoms with E-state index in [0.717, 1.165) is 0 Å². The molecule has 0 spiro atoms. The molecule has 0 saturated carbocycles. The second kappa shape index (κ2) is 9.04. The van der Waals surface area contributed by atoms with Gasteiger partial charge in [0.05, 0.1) is 23.5 Å². The van der Waals surface area contributed by atoms with Crippen molar-refractivity contribution in [2.45, 2.75) is 6.10 Å². The van der Waals surface area contributed by atoms with Crippen molar-refractivity contribution in [2.75, 3.05) is 13.2 Å². The van der Waals surface area contributed by atoms with Crippen molar-refractivity contribution < 1.29 is 29.8 Å². The number of carbonyl (C=O) groups excluding carboxylic acids is 1. The second-order valence-electron chi connectivity index (χ2n) is 5.15. The van der Waals surface area contributed by atoms with Gasteiger partial charge in [0.2, 0.25) is 0 Å². The number of aliphatic hydroxyl groups is 2. The normalized spacial score (nSPS) is 12.2. The van der Waals surface area contributed by atoms with Crippen molar-refractivity contribution in [1.82, 2.24) is 0 Å². The van der Waals surface area contributed by atoms with E-state index in [0.29, 0.717) is 16.8 Å². The maximum absolute atomic E-state index is 11.7. The molecule has 25 heavy (non-hydrogen) atoms. The van der Waals surface area contributed by atoms with Gasteiger partial charge in [-0.1, -0.05) is 12.1 Å². The smallest absolute Gasteiger partial charge is 0.459 e. The monoisotopic (exact) mass is 344 g/mol. The minimum Gasteiger partial charge on any atom is -0.459 e. The first-order valence-electron chi connectivity index (χ1n) is 7.43. The highest BCUT2D eigenvalue weighted by atomic mass is 16.5. The number of benzene rings is 2. The highest BCUT2D eigenvalue weighted by Gasteiger charge is 2.11. The van der Waals surface area contributed by atoms with Gasteiger partial charge in [0.25, 0.3) is 0 Å². The van der Waals surface area contributed by atoms with Crippen LogP contribution in [0.4, 0.5) is 11.4 Å². The van der Waals surface area contributed by atoms with Crippen molar-refractivity contribution in [3.63, 3.8) is 0 Å². The summed E-state index contributed by atoms with van der Waals surface area (Å²) >= 11 is 0. The Balaban J connectivity index is 1.96. The van der Waals surface area contributed by atoms with E-state index >= 15 is 0 Å². The first-order chi connectivity index (χ1) is 12.0. The quantitative estimate of drug-likeness (QED) is 0.324. The molecule has 0 aromatic heterocycles. The molecule has 4 N–H and O–H groups in total. The first kappa shape index (κ1) is 18.7. The zero-order valence-electron chi connectivity index (χ0n) is 13.2. The predicted octanol–water partition coefficient (Wildman–Crippen LogP) is 0.292. The summed E-state index contributed by atoms with van der Waals surface area (Å²) in [6.07, 6.45) is -1.10. The Morgan fingerprint density at radius 3 is 2.00 bits per heavy atom. The van der Waals surface area contributed by atoms with E-state index in [1.54, 1.807) is 24.3 Å². The summed E-state index contributed by atoms with van der Waals surface area (Å²) in [5.41, 5.74) is 1.68. The lowest BCUT2D eigenvalue weighted by molar-refractivity contribution is 0.00933. The molecule has 2 aromatic carbocycles. The zero-order chi connectivity index (χ0) is 18.2. The number of rotatable bonds is 7. The molecular weight excluding hydrogens is 327 g/mol. The summed E-state index contributed by atoms with van der Waals surface area (Å²) < 4.78 is 4.84. The molecule has 8 nitrogen and oxygen atoms in total. The van der Waals surface area contributed by atoms with Crippen molar-refractivity contribution in [3.05, 3.63) is 54.1 Å². The summed E-state index contributed by atoms with van der Waals surface area (Å²) in [7, 11) is -1.53. The highest BCUT2D eigenvalue weighted by molar-refractivity contribution is 6.58. The molecule has 0 aliphatic heterocycles. The Morgan fingerprint density at radius 1 is 1.00 bits per heavy atom. The third-order valence-corrected chi connectivity index (χ3v) is 3.19. The van der Waals surface area contributed by atoms with E-state index in [4.69, 9.17) is 25.0 Å². The Morgan fingerprint density at radius 2 is 1.52 bits per heavy atom. The molecule has 0 bridgehead atoms. The Hall–Kier alpha value is -2.59. The molecule has 0 aliphatic carbocycles. The summed E-state index contributed by atoms with van der Waals surface area (Å²) in [6, 6.07) is 12.4. The summed E-state index contributed by atoms with van der Waals surface area (Å²) in [5.74, 6) is -0.617. The molecule has 1 atom stereocenters. The van der Waals surface area contributed by atoms with E-state index in [2.05, 4.69) is 10.2 Å². The lowest BCUT2D eigenvalue weighted by Crippen LogP contribution is -2.29. The van der Waals surface area contributed by atoms with E-state index in [9.17, 15) is 4.79 Å². The largest absolute Gasteiger partial charge is 0.488 e. The molecule has 0 amide bonds. The van der Waals surface area contributed by atoms with Gasteiger partial charge in [0, 0.05) is 0 Å². The van der Waals surface area contributed by atoms with E-state index in [1.807, 2.05) is 0 Å². The Bertz CT molecular complexity index is 718. The summed E-state index contributed by atoms with van der Waals surface area (Å²) in [4.78, 5) is 11.7. The van der Waals surface area contributed by atoms with Gasteiger partial charge in [0.15, 0.2) is 0 Å². The predicted molar refractivity (Wildman–Crippen MR) is 90.3 cm³/mol. The molecule has 0 radical (unpaired) electrons. The molecule has 0 aliphatic rings. The van der Waals surface area contributed by atoms with Crippen LogP contribution in [-0.4, -0.2) is 52.7 Å². The number of azo groups is 1. The van der Waals surface area contributed by atoms with Crippen LogP contribution in [0.1, 0.15) is 10.4 Å². The molecule has 9 heteroatoms. The van der Waals surface area contributed by atoms with Crippen molar-refractivity contribution in [1.29, 1.82) is 0 Å². The molecule has 0 saturated heterocycles. The third kappa shape index (κ3) is 5.77. The highest BCUT2D eigenvalue weighted by Crippen LogP contribution is 2.18.